The standard InChI is InChI=1S/C8H13F2N3.ClH/c1-6-7(4-12-13(6)2)3-11-5-8(9)10;/h4,8,11H,3,5H2,1-2H3;1H. The van der Waals surface area contributed by atoms with Crippen molar-refractivity contribution in [1.29, 1.82) is 0 Å². The molecule has 1 heterocycles. The van der Waals surface area contributed by atoms with Gasteiger partial charge in [-0.3, -0.25) is 4.68 Å². The molecule has 1 aromatic heterocycles. The molecule has 0 atom stereocenters. The van der Waals surface area contributed by atoms with Crippen LogP contribution in [0.3, 0.4) is 0 Å². The average molecular weight is 226 g/mol. The molecule has 0 saturated heterocycles. The van der Waals surface area contributed by atoms with Crippen molar-refractivity contribution in [3.05, 3.63) is 17.5 Å². The Morgan fingerprint density at radius 2 is 2.21 bits per heavy atom. The number of rotatable bonds is 4. The van der Waals surface area contributed by atoms with Crippen molar-refractivity contribution in [3.63, 3.8) is 0 Å². The van der Waals surface area contributed by atoms with Crippen LogP contribution in [0.15, 0.2) is 6.20 Å². The quantitative estimate of drug-likeness (QED) is 0.842. The fourth-order valence-electron chi connectivity index (χ4n) is 1.03. The van der Waals surface area contributed by atoms with Crippen molar-refractivity contribution in [2.75, 3.05) is 6.54 Å². The molecule has 1 aromatic rings. The molecular weight excluding hydrogens is 212 g/mol. The predicted molar refractivity (Wildman–Crippen MR) is 52.9 cm³/mol. The fraction of sp³-hybridized carbons (Fsp3) is 0.625. The SMILES string of the molecule is Cc1c(CNCC(F)F)cnn1C.Cl. The van der Waals surface area contributed by atoms with Crippen molar-refractivity contribution in [2.45, 2.75) is 19.9 Å². The summed E-state index contributed by atoms with van der Waals surface area (Å²) in [6, 6.07) is 0. The lowest BCUT2D eigenvalue weighted by Crippen LogP contribution is -2.20. The highest BCUT2D eigenvalue weighted by Gasteiger charge is 2.05. The first-order chi connectivity index (χ1) is 6.11. The van der Waals surface area contributed by atoms with E-state index in [0.717, 1.165) is 11.3 Å². The van der Waals surface area contributed by atoms with Gasteiger partial charge in [0.25, 0.3) is 6.43 Å². The zero-order chi connectivity index (χ0) is 9.84. The molecule has 6 heteroatoms. The first kappa shape index (κ1) is 13.3. The molecule has 3 nitrogen and oxygen atoms in total. The van der Waals surface area contributed by atoms with E-state index in [0.29, 0.717) is 6.54 Å². The van der Waals surface area contributed by atoms with Crippen molar-refractivity contribution < 1.29 is 8.78 Å². The molecular formula is C8H14ClF2N3. The largest absolute Gasteiger partial charge is 0.307 e. The van der Waals surface area contributed by atoms with Crippen molar-refractivity contribution in [3.8, 4) is 0 Å². The topological polar surface area (TPSA) is 29.9 Å². The lowest BCUT2D eigenvalue weighted by Gasteiger charge is -2.02. The predicted octanol–water partition coefficient (Wildman–Crippen LogP) is 1.51. The zero-order valence-electron chi connectivity index (χ0n) is 8.13. The van der Waals surface area contributed by atoms with E-state index in [-0.39, 0.29) is 19.0 Å². The van der Waals surface area contributed by atoms with Crippen molar-refractivity contribution >= 4 is 12.4 Å². The average Bonchev–Trinajstić information content (AvgIpc) is 2.35. The van der Waals surface area contributed by atoms with Gasteiger partial charge >= 0.3 is 0 Å². The molecule has 1 rings (SSSR count). The van der Waals surface area contributed by atoms with Gasteiger partial charge in [0.15, 0.2) is 0 Å². The Labute approximate surface area is 87.9 Å². The van der Waals surface area contributed by atoms with E-state index in [1.165, 1.54) is 0 Å². The van der Waals surface area contributed by atoms with Gasteiger partial charge in [-0.2, -0.15) is 5.10 Å². The van der Waals surface area contributed by atoms with Crippen LogP contribution in [0, 0.1) is 6.92 Å². The van der Waals surface area contributed by atoms with Gasteiger partial charge in [-0.1, -0.05) is 0 Å². The molecule has 1 N–H and O–H groups in total. The molecule has 0 bridgehead atoms. The lowest BCUT2D eigenvalue weighted by molar-refractivity contribution is 0.145. The van der Waals surface area contributed by atoms with Gasteiger partial charge in [-0.25, -0.2) is 8.78 Å². The Morgan fingerprint density at radius 1 is 1.57 bits per heavy atom. The van der Waals surface area contributed by atoms with Gasteiger partial charge in [-0.15, -0.1) is 12.4 Å². The number of aryl methyl sites for hydroxylation is 1. The van der Waals surface area contributed by atoms with Gasteiger partial charge in [-0.05, 0) is 6.92 Å². The van der Waals surface area contributed by atoms with Crippen molar-refractivity contribution in [1.82, 2.24) is 15.1 Å². The van der Waals surface area contributed by atoms with Gasteiger partial charge in [0.1, 0.15) is 0 Å². The molecule has 0 aliphatic rings. The normalized spacial score (nSPS) is 10.4. The molecule has 0 amide bonds. The summed E-state index contributed by atoms with van der Waals surface area (Å²) < 4.78 is 25.2. The number of hydrogen-bond donors (Lipinski definition) is 1. The number of halogens is 3. The van der Waals surface area contributed by atoms with Crippen LogP contribution in [-0.4, -0.2) is 22.8 Å². The summed E-state index contributed by atoms with van der Waals surface area (Å²) in [5.74, 6) is 0. The van der Waals surface area contributed by atoms with E-state index in [1.807, 2.05) is 14.0 Å². The molecule has 82 valence electrons. The van der Waals surface area contributed by atoms with E-state index < -0.39 is 6.43 Å². The minimum atomic E-state index is -2.29. The maximum Gasteiger partial charge on any atom is 0.250 e. The lowest BCUT2D eigenvalue weighted by atomic mass is 10.2. The molecule has 0 saturated carbocycles. The Morgan fingerprint density at radius 3 is 2.64 bits per heavy atom. The summed E-state index contributed by atoms with van der Waals surface area (Å²) >= 11 is 0. The van der Waals surface area contributed by atoms with Crippen LogP contribution in [0.4, 0.5) is 8.78 Å². The van der Waals surface area contributed by atoms with Gasteiger partial charge < -0.3 is 5.32 Å². The Kier molecular flexibility index (Phi) is 5.64. The van der Waals surface area contributed by atoms with E-state index in [1.54, 1.807) is 10.9 Å². The molecule has 14 heavy (non-hydrogen) atoms. The number of hydrogen-bond acceptors (Lipinski definition) is 2. The highest BCUT2D eigenvalue weighted by Crippen LogP contribution is 2.04. The summed E-state index contributed by atoms with van der Waals surface area (Å²) in [6.45, 7) is 2.09. The van der Waals surface area contributed by atoms with Crippen LogP contribution in [-0.2, 0) is 13.6 Å². The molecule has 0 aliphatic heterocycles. The molecule has 0 fully saturated rings. The maximum atomic E-state index is 11.8. The fourth-order valence-corrected chi connectivity index (χ4v) is 1.03. The highest BCUT2D eigenvalue weighted by molar-refractivity contribution is 5.85. The third kappa shape index (κ3) is 3.59. The summed E-state index contributed by atoms with van der Waals surface area (Å²) in [5, 5.41) is 6.66. The highest BCUT2D eigenvalue weighted by atomic mass is 35.5. The second kappa shape index (κ2) is 5.93. The maximum absolute atomic E-state index is 11.8. The molecule has 0 radical (unpaired) electrons. The zero-order valence-corrected chi connectivity index (χ0v) is 8.94. The first-order valence-electron chi connectivity index (χ1n) is 4.07. The van der Waals surface area contributed by atoms with Crippen molar-refractivity contribution in [2.24, 2.45) is 7.05 Å². The molecule has 0 unspecified atom stereocenters. The summed E-state index contributed by atoms with van der Waals surface area (Å²) in [7, 11) is 1.83. The van der Waals surface area contributed by atoms with Crippen LogP contribution in [0.2, 0.25) is 0 Å². The molecule has 0 aliphatic carbocycles. The van der Waals surface area contributed by atoms with Crippen LogP contribution in [0.1, 0.15) is 11.3 Å². The second-order valence-electron chi connectivity index (χ2n) is 2.90. The third-order valence-electron chi connectivity index (χ3n) is 1.95. The van der Waals surface area contributed by atoms with Gasteiger partial charge in [0.05, 0.1) is 12.7 Å². The third-order valence-corrected chi connectivity index (χ3v) is 1.95. The summed E-state index contributed by atoms with van der Waals surface area (Å²) in [4.78, 5) is 0. The minimum absolute atomic E-state index is 0. The Hall–Kier alpha value is -0.680. The van der Waals surface area contributed by atoms with Crippen LogP contribution in [0.5, 0.6) is 0 Å². The van der Waals surface area contributed by atoms with E-state index in [9.17, 15) is 8.78 Å². The monoisotopic (exact) mass is 225 g/mol. The van der Waals surface area contributed by atoms with Crippen LogP contribution < -0.4 is 5.32 Å². The summed E-state index contributed by atoms with van der Waals surface area (Å²) in [5.41, 5.74) is 1.96. The number of nitrogens with one attached hydrogen (secondary N) is 1. The van der Waals surface area contributed by atoms with E-state index in [2.05, 4.69) is 10.4 Å². The molecule has 0 spiro atoms. The number of alkyl halides is 2. The Bertz CT molecular complexity index is 276. The summed E-state index contributed by atoms with van der Waals surface area (Å²) in [6.07, 6.45) is -0.606. The van der Waals surface area contributed by atoms with Gasteiger partial charge in [0.2, 0.25) is 0 Å². The van der Waals surface area contributed by atoms with E-state index >= 15 is 0 Å². The van der Waals surface area contributed by atoms with Gasteiger partial charge in [0, 0.05) is 24.8 Å². The van der Waals surface area contributed by atoms with Crippen LogP contribution in [0.25, 0.3) is 0 Å². The smallest absolute Gasteiger partial charge is 0.250 e. The van der Waals surface area contributed by atoms with E-state index in [4.69, 9.17) is 0 Å². The first-order valence-corrected chi connectivity index (χ1v) is 4.07. The minimum Gasteiger partial charge on any atom is -0.307 e. The second-order valence-corrected chi connectivity index (χ2v) is 2.90. The van der Waals surface area contributed by atoms with Crippen LogP contribution >= 0.6 is 12.4 Å². The Balaban J connectivity index is 0.00000169. The number of aromatic nitrogens is 2. The molecule has 0 aromatic carbocycles. The number of nitrogens with zero attached hydrogens (tertiary/aromatic N) is 2.